The molecule has 1 aromatic heterocycles. The molecule has 0 saturated carbocycles. The highest BCUT2D eigenvalue weighted by atomic mass is 16.3. The van der Waals surface area contributed by atoms with Crippen LogP contribution in [-0.2, 0) is 13.1 Å². The quantitative estimate of drug-likeness (QED) is 0.713. The number of allylic oxidation sites excluding steroid dienone is 1. The molecule has 22 heavy (non-hydrogen) atoms. The van der Waals surface area contributed by atoms with Crippen molar-refractivity contribution in [3.8, 4) is 0 Å². The van der Waals surface area contributed by atoms with Crippen molar-refractivity contribution in [3.05, 3.63) is 72.2 Å². The zero-order valence-corrected chi connectivity index (χ0v) is 13.2. The average Bonchev–Trinajstić information content (AvgIpc) is 2.91. The number of aliphatic hydroxyl groups excluding tert-OH is 1. The van der Waals surface area contributed by atoms with E-state index in [4.69, 9.17) is 4.42 Å². The number of benzene rings is 1. The van der Waals surface area contributed by atoms with Crippen molar-refractivity contribution in [1.82, 2.24) is 4.90 Å². The van der Waals surface area contributed by atoms with Crippen LogP contribution in [-0.4, -0.2) is 22.7 Å². The van der Waals surface area contributed by atoms with Gasteiger partial charge in [0, 0.05) is 13.1 Å². The molecule has 1 N–H and O–H groups in total. The standard InChI is InChI=1S/C19H25NO2/c1-3-4-10-18(21)14-20(13-17-8-6-5-7-9-17)15-19-12-11-16(2)22-19/h3,5-9,11-12,18,21H,1,4,10,13-15H2,2H3/t18-/m0/s1. The zero-order chi connectivity index (χ0) is 15.8. The minimum absolute atomic E-state index is 0.349. The van der Waals surface area contributed by atoms with E-state index in [9.17, 15) is 5.11 Å². The van der Waals surface area contributed by atoms with Gasteiger partial charge in [-0.15, -0.1) is 6.58 Å². The Labute approximate surface area is 132 Å². The SMILES string of the molecule is C=CCC[C@H](O)CN(Cc1ccccc1)Cc1ccc(C)o1. The second-order valence-corrected chi connectivity index (χ2v) is 5.69. The number of hydrogen-bond donors (Lipinski definition) is 1. The van der Waals surface area contributed by atoms with E-state index in [1.807, 2.05) is 43.3 Å². The molecule has 3 nitrogen and oxygen atoms in total. The normalized spacial score (nSPS) is 12.5. The number of hydrogen-bond acceptors (Lipinski definition) is 3. The summed E-state index contributed by atoms with van der Waals surface area (Å²) in [5, 5.41) is 10.2. The van der Waals surface area contributed by atoms with E-state index in [0.717, 1.165) is 30.9 Å². The number of rotatable bonds is 9. The summed E-state index contributed by atoms with van der Waals surface area (Å²) in [7, 11) is 0. The van der Waals surface area contributed by atoms with Crippen LogP contribution in [0.5, 0.6) is 0 Å². The van der Waals surface area contributed by atoms with E-state index in [0.29, 0.717) is 13.1 Å². The lowest BCUT2D eigenvalue weighted by atomic mass is 10.1. The van der Waals surface area contributed by atoms with Crippen LogP contribution in [0.2, 0.25) is 0 Å². The molecule has 1 atom stereocenters. The first kappa shape index (κ1) is 16.5. The van der Waals surface area contributed by atoms with Gasteiger partial charge in [0.15, 0.2) is 0 Å². The van der Waals surface area contributed by atoms with Crippen LogP contribution in [0.25, 0.3) is 0 Å². The fourth-order valence-electron chi connectivity index (χ4n) is 2.52. The third-order valence-electron chi connectivity index (χ3n) is 3.60. The maximum absolute atomic E-state index is 10.2. The number of aryl methyl sites for hydroxylation is 1. The molecular formula is C19H25NO2. The Morgan fingerprint density at radius 3 is 2.59 bits per heavy atom. The molecule has 0 fully saturated rings. The summed E-state index contributed by atoms with van der Waals surface area (Å²) < 4.78 is 5.67. The molecule has 0 radical (unpaired) electrons. The Morgan fingerprint density at radius 1 is 1.18 bits per heavy atom. The molecule has 118 valence electrons. The molecule has 0 unspecified atom stereocenters. The first-order valence-electron chi connectivity index (χ1n) is 7.78. The average molecular weight is 299 g/mol. The molecule has 0 bridgehead atoms. The predicted octanol–water partition coefficient (Wildman–Crippen LogP) is 3.92. The number of nitrogens with zero attached hydrogens (tertiary/aromatic N) is 1. The molecule has 0 amide bonds. The first-order chi connectivity index (χ1) is 10.7. The van der Waals surface area contributed by atoms with Crippen LogP contribution >= 0.6 is 0 Å². The van der Waals surface area contributed by atoms with Crippen molar-refractivity contribution < 1.29 is 9.52 Å². The van der Waals surface area contributed by atoms with Gasteiger partial charge < -0.3 is 9.52 Å². The highest BCUT2D eigenvalue weighted by Gasteiger charge is 2.14. The minimum atomic E-state index is -0.349. The smallest absolute Gasteiger partial charge is 0.118 e. The lowest BCUT2D eigenvalue weighted by Gasteiger charge is -2.24. The molecule has 0 aliphatic carbocycles. The van der Waals surface area contributed by atoms with Crippen molar-refractivity contribution >= 4 is 0 Å². The Hall–Kier alpha value is -1.84. The van der Waals surface area contributed by atoms with Crippen molar-refractivity contribution in [3.63, 3.8) is 0 Å². The lowest BCUT2D eigenvalue weighted by Crippen LogP contribution is -2.31. The van der Waals surface area contributed by atoms with Crippen LogP contribution in [0.1, 0.15) is 29.9 Å². The van der Waals surface area contributed by atoms with Crippen LogP contribution in [0.15, 0.2) is 59.5 Å². The maximum Gasteiger partial charge on any atom is 0.118 e. The Balaban J connectivity index is 2.00. The van der Waals surface area contributed by atoms with Crippen LogP contribution in [0.3, 0.4) is 0 Å². The Kier molecular flexibility index (Phi) is 6.44. The summed E-state index contributed by atoms with van der Waals surface area (Å²) in [5.41, 5.74) is 1.24. The largest absolute Gasteiger partial charge is 0.465 e. The van der Waals surface area contributed by atoms with Crippen LogP contribution < -0.4 is 0 Å². The summed E-state index contributed by atoms with van der Waals surface area (Å²) in [6.45, 7) is 7.79. The highest BCUT2D eigenvalue weighted by molar-refractivity contribution is 5.15. The van der Waals surface area contributed by atoms with E-state index in [-0.39, 0.29) is 6.10 Å². The van der Waals surface area contributed by atoms with Crippen LogP contribution in [0.4, 0.5) is 0 Å². The first-order valence-corrected chi connectivity index (χ1v) is 7.78. The summed E-state index contributed by atoms with van der Waals surface area (Å²) in [6, 6.07) is 14.3. The van der Waals surface area contributed by atoms with E-state index >= 15 is 0 Å². The van der Waals surface area contributed by atoms with Gasteiger partial charge in [-0.3, -0.25) is 4.90 Å². The number of furan rings is 1. The third kappa shape index (κ3) is 5.51. The van der Waals surface area contributed by atoms with Crippen molar-refractivity contribution in [2.45, 2.75) is 39.0 Å². The Morgan fingerprint density at radius 2 is 1.95 bits per heavy atom. The van der Waals surface area contributed by atoms with Gasteiger partial charge in [0.2, 0.25) is 0 Å². The van der Waals surface area contributed by atoms with E-state index in [1.165, 1.54) is 5.56 Å². The van der Waals surface area contributed by atoms with E-state index in [1.54, 1.807) is 0 Å². The van der Waals surface area contributed by atoms with Gasteiger partial charge in [-0.1, -0.05) is 36.4 Å². The molecule has 0 aliphatic rings. The van der Waals surface area contributed by atoms with Gasteiger partial charge >= 0.3 is 0 Å². The second kappa shape index (κ2) is 8.57. The fourth-order valence-corrected chi connectivity index (χ4v) is 2.52. The zero-order valence-electron chi connectivity index (χ0n) is 13.2. The van der Waals surface area contributed by atoms with Crippen molar-refractivity contribution in [2.24, 2.45) is 0 Å². The summed E-state index contributed by atoms with van der Waals surface area (Å²) in [6.07, 6.45) is 3.07. The van der Waals surface area contributed by atoms with Gasteiger partial charge in [0.25, 0.3) is 0 Å². The molecule has 1 heterocycles. The third-order valence-corrected chi connectivity index (χ3v) is 3.60. The van der Waals surface area contributed by atoms with Gasteiger partial charge in [0.05, 0.1) is 12.6 Å². The summed E-state index contributed by atoms with van der Waals surface area (Å²) >= 11 is 0. The lowest BCUT2D eigenvalue weighted by molar-refractivity contribution is 0.0943. The Bertz CT molecular complexity index is 562. The number of aliphatic hydroxyl groups is 1. The molecule has 0 spiro atoms. The predicted molar refractivity (Wildman–Crippen MR) is 89.4 cm³/mol. The molecule has 2 rings (SSSR count). The molecule has 2 aromatic rings. The maximum atomic E-state index is 10.2. The molecular weight excluding hydrogens is 274 g/mol. The van der Waals surface area contributed by atoms with Crippen molar-refractivity contribution in [1.29, 1.82) is 0 Å². The van der Waals surface area contributed by atoms with E-state index < -0.39 is 0 Å². The minimum Gasteiger partial charge on any atom is -0.465 e. The molecule has 3 heteroatoms. The molecule has 0 aliphatic heterocycles. The van der Waals surface area contributed by atoms with Gasteiger partial charge in [0.1, 0.15) is 11.5 Å². The summed E-state index contributed by atoms with van der Waals surface area (Å²) in [5.74, 6) is 1.85. The topological polar surface area (TPSA) is 36.6 Å². The van der Waals surface area contributed by atoms with E-state index in [2.05, 4.69) is 23.6 Å². The fraction of sp³-hybridized carbons (Fsp3) is 0.368. The summed E-state index contributed by atoms with van der Waals surface area (Å²) in [4.78, 5) is 2.22. The van der Waals surface area contributed by atoms with Gasteiger partial charge in [-0.05, 0) is 37.5 Å². The van der Waals surface area contributed by atoms with Gasteiger partial charge in [-0.25, -0.2) is 0 Å². The van der Waals surface area contributed by atoms with Crippen molar-refractivity contribution in [2.75, 3.05) is 6.54 Å². The molecule has 1 aromatic carbocycles. The van der Waals surface area contributed by atoms with Gasteiger partial charge in [-0.2, -0.15) is 0 Å². The monoisotopic (exact) mass is 299 g/mol. The van der Waals surface area contributed by atoms with Crippen LogP contribution in [0, 0.1) is 6.92 Å². The molecule has 0 saturated heterocycles. The second-order valence-electron chi connectivity index (χ2n) is 5.69. The highest BCUT2D eigenvalue weighted by Crippen LogP contribution is 2.14.